The Kier molecular flexibility index (Phi) is 6.65. The van der Waals surface area contributed by atoms with Gasteiger partial charge in [0.15, 0.2) is 0 Å². The van der Waals surface area contributed by atoms with Crippen LogP contribution in [0.25, 0.3) is 0 Å². The van der Waals surface area contributed by atoms with Crippen molar-refractivity contribution < 1.29 is 17.9 Å². The van der Waals surface area contributed by atoms with Crippen LogP contribution in [0.5, 0.6) is 5.75 Å². The maximum Gasteiger partial charge on any atom is 0.264 e. The summed E-state index contributed by atoms with van der Waals surface area (Å²) in [5, 5.41) is 2.79. The van der Waals surface area contributed by atoms with E-state index >= 15 is 0 Å². The molecular formula is C24H26N2O4S. The van der Waals surface area contributed by atoms with Crippen molar-refractivity contribution in [2.45, 2.75) is 25.7 Å². The second-order valence-electron chi connectivity index (χ2n) is 7.20. The van der Waals surface area contributed by atoms with Gasteiger partial charge in [0.25, 0.3) is 15.9 Å². The first-order chi connectivity index (χ1) is 14.8. The Morgan fingerprint density at radius 3 is 2.19 bits per heavy atom. The Morgan fingerprint density at radius 1 is 0.968 bits per heavy atom. The number of sulfonamides is 1. The fourth-order valence-electron chi connectivity index (χ4n) is 3.46. The molecule has 0 fully saturated rings. The van der Waals surface area contributed by atoms with E-state index < -0.39 is 10.0 Å². The maximum atomic E-state index is 13.3. The number of hydrogen-bond acceptors (Lipinski definition) is 4. The number of nitrogens with one attached hydrogen (secondary N) is 1. The van der Waals surface area contributed by atoms with E-state index in [0.29, 0.717) is 17.0 Å². The molecule has 0 aliphatic rings. The average molecular weight is 439 g/mol. The number of aryl methyl sites for hydroxylation is 2. The Balaban J connectivity index is 1.99. The minimum Gasteiger partial charge on any atom is -0.495 e. The Bertz CT molecular complexity index is 1170. The molecule has 6 nitrogen and oxygen atoms in total. The van der Waals surface area contributed by atoms with Gasteiger partial charge in [-0.1, -0.05) is 35.4 Å². The molecule has 0 saturated heterocycles. The van der Waals surface area contributed by atoms with E-state index in [9.17, 15) is 13.2 Å². The minimum absolute atomic E-state index is 0.0646. The summed E-state index contributed by atoms with van der Waals surface area (Å²) in [4.78, 5) is 12.9. The first kappa shape index (κ1) is 22.4. The minimum atomic E-state index is -3.84. The number of carbonyl (C=O) groups excluding carboxylic acids is 1. The topological polar surface area (TPSA) is 75.7 Å². The van der Waals surface area contributed by atoms with Crippen molar-refractivity contribution in [3.63, 3.8) is 0 Å². The van der Waals surface area contributed by atoms with Crippen LogP contribution in [0, 0.1) is 13.8 Å². The van der Waals surface area contributed by atoms with Crippen molar-refractivity contribution in [1.82, 2.24) is 0 Å². The summed E-state index contributed by atoms with van der Waals surface area (Å²) in [6.45, 7) is 5.88. The molecule has 0 bridgehead atoms. The van der Waals surface area contributed by atoms with Crippen LogP contribution in [-0.2, 0) is 10.0 Å². The third-order valence-electron chi connectivity index (χ3n) is 4.82. The summed E-state index contributed by atoms with van der Waals surface area (Å²) in [5.41, 5.74) is 3.29. The fraction of sp³-hybridized carbons (Fsp3) is 0.208. The third kappa shape index (κ3) is 4.88. The number of hydrogen-bond donors (Lipinski definition) is 1. The van der Waals surface area contributed by atoms with Crippen molar-refractivity contribution in [3.05, 3.63) is 83.4 Å². The van der Waals surface area contributed by atoms with Crippen LogP contribution in [0.3, 0.4) is 0 Å². The Morgan fingerprint density at radius 2 is 1.61 bits per heavy atom. The average Bonchev–Trinajstić information content (AvgIpc) is 2.74. The molecule has 0 atom stereocenters. The fourth-order valence-corrected chi connectivity index (χ4v) is 4.96. The van der Waals surface area contributed by atoms with Crippen LogP contribution in [0.1, 0.15) is 28.4 Å². The largest absolute Gasteiger partial charge is 0.495 e. The van der Waals surface area contributed by atoms with E-state index in [1.165, 1.54) is 23.5 Å². The standard InChI is InChI=1S/C24H26N2O4S/c1-5-26(20-9-7-6-8-10-20)31(28,29)21-11-12-23(30-4)22(16-21)25-24(27)19-14-17(2)13-18(3)15-19/h6-16H,5H2,1-4H3,(H,25,27). The van der Waals surface area contributed by atoms with Crippen LogP contribution >= 0.6 is 0 Å². The van der Waals surface area contributed by atoms with Gasteiger partial charge in [0, 0.05) is 12.1 Å². The molecule has 0 spiro atoms. The Hall–Kier alpha value is -3.32. The van der Waals surface area contributed by atoms with Crippen molar-refractivity contribution in [3.8, 4) is 5.75 Å². The molecule has 0 heterocycles. The molecule has 7 heteroatoms. The highest BCUT2D eigenvalue weighted by molar-refractivity contribution is 7.92. The predicted molar refractivity (Wildman–Crippen MR) is 124 cm³/mol. The first-order valence-electron chi connectivity index (χ1n) is 9.91. The molecule has 31 heavy (non-hydrogen) atoms. The van der Waals surface area contributed by atoms with E-state index in [4.69, 9.17) is 4.74 Å². The summed E-state index contributed by atoms with van der Waals surface area (Å²) in [6, 6.07) is 18.9. The van der Waals surface area contributed by atoms with Crippen molar-refractivity contribution in [1.29, 1.82) is 0 Å². The van der Waals surface area contributed by atoms with Crippen molar-refractivity contribution in [2.75, 3.05) is 23.3 Å². The number of nitrogens with zero attached hydrogens (tertiary/aromatic N) is 1. The molecule has 3 aromatic carbocycles. The molecule has 0 unspecified atom stereocenters. The van der Waals surface area contributed by atoms with Crippen LogP contribution in [-0.4, -0.2) is 28.0 Å². The number of ether oxygens (including phenoxy) is 1. The number of rotatable bonds is 7. The lowest BCUT2D eigenvalue weighted by atomic mass is 10.1. The number of amides is 1. The lowest BCUT2D eigenvalue weighted by Crippen LogP contribution is -2.30. The molecule has 0 radical (unpaired) electrons. The van der Waals surface area contributed by atoms with Gasteiger partial charge in [-0.05, 0) is 63.2 Å². The monoisotopic (exact) mass is 438 g/mol. The van der Waals surface area contributed by atoms with E-state index in [0.717, 1.165) is 11.1 Å². The second kappa shape index (κ2) is 9.22. The van der Waals surface area contributed by atoms with Gasteiger partial charge < -0.3 is 10.1 Å². The molecule has 0 aromatic heterocycles. The van der Waals surface area contributed by atoms with Gasteiger partial charge in [-0.25, -0.2) is 8.42 Å². The normalized spacial score (nSPS) is 11.1. The molecule has 0 aliphatic carbocycles. The summed E-state index contributed by atoms with van der Waals surface area (Å²) in [7, 11) is -2.37. The van der Waals surface area contributed by atoms with E-state index in [2.05, 4.69) is 5.32 Å². The van der Waals surface area contributed by atoms with Gasteiger partial charge in [-0.15, -0.1) is 0 Å². The zero-order chi connectivity index (χ0) is 22.6. The molecule has 162 valence electrons. The van der Waals surface area contributed by atoms with Gasteiger partial charge in [0.2, 0.25) is 0 Å². The number of para-hydroxylation sites is 1. The van der Waals surface area contributed by atoms with Gasteiger partial charge in [0.1, 0.15) is 5.75 Å². The summed E-state index contributed by atoms with van der Waals surface area (Å²) in [6.07, 6.45) is 0. The van der Waals surface area contributed by atoms with Gasteiger partial charge in [0.05, 0.1) is 23.4 Å². The summed E-state index contributed by atoms with van der Waals surface area (Å²) in [5.74, 6) is 0.0366. The molecule has 0 saturated carbocycles. The van der Waals surface area contributed by atoms with Crippen molar-refractivity contribution >= 4 is 27.3 Å². The zero-order valence-corrected chi connectivity index (χ0v) is 18.9. The molecule has 3 aromatic rings. The van der Waals surface area contributed by atoms with Crippen LogP contribution in [0.4, 0.5) is 11.4 Å². The number of anilines is 2. The van der Waals surface area contributed by atoms with Crippen LogP contribution < -0.4 is 14.4 Å². The smallest absolute Gasteiger partial charge is 0.264 e. The van der Waals surface area contributed by atoms with E-state index in [-0.39, 0.29) is 23.0 Å². The third-order valence-corrected chi connectivity index (χ3v) is 6.72. The molecule has 1 amide bonds. The van der Waals surface area contributed by atoms with Crippen molar-refractivity contribution in [2.24, 2.45) is 0 Å². The van der Waals surface area contributed by atoms with E-state index in [1.807, 2.05) is 26.0 Å². The first-order valence-corrected chi connectivity index (χ1v) is 11.4. The zero-order valence-electron chi connectivity index (χ0n) is 18.0. The highest BCUT2D eigenvalue weighted by Gasteiger charge is 2.25. The number of carbonyl (C=O) groups is 1. The summed E-state index contributed by atoms with van der Waals surface area (Å²) >= 11 is 0. The molecule has 0 aliphatic heterocycles. The molecular weight excluding hydrogens is 412 g/mol. The maximum absolute atomic E-state index is 13.3. The van der Waals surface area contributed by atoms with Crippen LogP contribution in [0.15, 0.2) is 71.6 Å². The molecule has 1 N–H and O–H groups in total. The van der Waals surface area contributed by atoms with Crippen LogP contribution in [0.2, 0.25) is 0 Å². The number of benzene rings is 3. The lowest BCUT2D eigenvalue weighted by molar-refractivity contribution is 0.102. The number of methoxy groups -OCH3 is 1. The molecule has 3 rings (SSSR count). The van der Waals surface area contributed by atoms with Gasteiger partial charge in [-0.2, -0.15) is 0 Å². The van der Waals surface area contributed by atoms with Gasteiger partial charge >= 0.3 is 0 Å². The highest BCUT2D eigenvalue weighted by atomic mass is 32.2. The van der Waals surface area contributed by atoms with E-state index in [1.54, 1.807) is 49.4 Å². The summed E-state index contributed by atoms with van der Waals surface area (Å²) < 4.78 is 33.3. The Labute approximate surface area is 183 Å². The second-order valence-corrected chi connectivity index (χ2v) is 9.06. The lowest BCUT2D eigenvalue weighted by Gasteiger charge is -2.23. The SMILES string of the molecule is CCN(c1ccccc1)S(=O)(=O)c1ccc(OC)c(NC(=O)c2cc(C)cc(C)c2)c1. The quantitative estimate of drug-likeness (QED) is 0.576. The van der Waals surface area contributed by atoms with Gasteiger partial charge in [-0.3, -0.25) is 9.10 Å². The predicted octanol–water partition coefficient (Wildman–Crippen LogP) is 4.78. The highest BCUT2D eigenvalue weighted by Crippen LogP contribution is 2.31.